The first-order valence-electron chi connectivity index (χ1n) is 5.54. The van der Waals surface area contributed by atoms with Crippen LogP contribution in [0.15, 0.2) is 18.2 Å². The van der Waals surface area contributed by atoms with Gasteiger partial charge < -0.3 is 19.6 Å². The van der Waals surface area contributed by atoms with Gasteiger partial charge in [-0.25, -0.2) is 5.90 Å². The van der Waals surface area contributed by atoms with E-state index in [2.05, 4.69) is 10.2 Å². The highest BCUT2D eigenvalue weighted by Crippen LogP contribution is 2.27. The number of ether oxygens (including phenoxy) is 2. The van der Waals surface area contributed by atoms with Gasteiger partial charge in [-0.1, -0.05) is 0 Å². The number of carbonyl (C=O) groups is 1. The van der Waals surface area contributed by atoms with Crippen LogP contribution in [0.25, 0.3) is 0 Å². The van der Waals surface area contributed by atoms with Gasteiger partial charge in [0.05, 0.1) is 20.8 Å². The highest BCUT2D eigenvalue weighted by atomic mass is 16.6. The molecule has 1 rings (SSSR count). The molecule has 0 aromatic heterocycles. The van der Waals surface area contributed by atoms with Gasteiger partial charge in [0.25, 0.3) is 5.91 Å². The molecule has 0 saturated heterocycles. The second-order valence-electron chi connectivity index (χ2n) is 3.55. The number of hydrogen-bond donors (Lipinski definition) is 2. The van der Waals surface area contributed by atoms with E-state index in [4.69, 9.17) is 15.4 Å². The van der Waals surface area contributed by atoms with Crippen molar-refractivity contribution in [3.63, 3.8) is 0 Å². The summed E-state index contributed by atoms with van der Waals surface area (Å²) in [5, 5.41) is 2.75. The van der Waals surface area contributed by atoms with Gasteiger partial charge in [-0.05, 0) is 24.6 Å². The summed E-state index contributed by atoms with van der Waals surface area (Å²) >= 11 is 0. The molecule has 0 spiro atoms. The van der Waals surface area contributed by atoms with Gasteiger partial charge in [0, 0.05) is 12.1 Å². The quantitative estimate of drug-likeness (QED) is 0.553. The van der Waals surface area contributed by atoms with E-state index >= 15 is 0 Å². The van der Waals surface area contributed by atoms with Crippen LogP contribution >= 0.6 is 0 Å². The lowest BCUT2D eigenvalue weighted by Crippen LogP contribution is -2.25. The normalized spacial score (nSPS) is 9.94. The second kappa shape index (κ2) is 7.52. The molecule has 6 heteroatoms. The van der Waals surface area contributed by atoms with Gasteiger partial charge in [-0.3, -0.25) is 4.79 Å². The molecule has 0 radical (unpaired) electrons. The van der Waals surface area contributed by atoms with Gasteiger partial charge in [0.2, 0.25) is 0 Å². The first kappa shape index (κ1) is 14.3. The zero-order valence-corrected chi connectivity index (χ0v) is 10.6. The van der Waals surface area contributed by atoms with E-state index in [9.17, 15) is 4.79 Å². The van der Waals surface area contributed by atoms with Crippen molar-refractivity contribution >= 4 is 5.91 Å². The fourth-order valence-electron chi connectivity index (χ4n) is 1.44. The molecule has 0 saturated carbocycles. The monoisotopic (exact) mass is 254 g/mol. The van der Waals surface area contributed by atoms with E-state index in [1.165, 1.54) is 7.11 Å². The van der Waals surface area contributed by atoms with Crippen LogP contribution in [-0.4, -0.2) is 33.3 Å². The summed E-state index contributed by atoms with van der Waals surface area (Å²) in [4.78, 5) is 16.2. The molecule has 0 atom stereocenters. The summed E-state index contributed by atoms with van der Waals surface area (Å²) in [6, 6.07) is 5.00. The van der Waals surface area contributed by atoms with Crippen LogP contribution in [0.5, 0.6) is 11.5 Å². The van der Waals surface area contributed by atoms with Gasteiger partial charge in [-0.2, -0.15) is 0 Å². The van der Waals surface area contributed by atoms with Crippen molar-refractivity contribution < 1.29 is 19.1 Å². The predicted octanol–water partition coefficient (Wildman–Crippen LogP) is 0.714. The zero-order chi connectivity index (χ0) is 13.4. The van der Waals surface area contributed by atoms with E-state index in [1.807, 2.05) is 0 Å². The Hall–Kier alpha value is -1.79. The van der Waals surface area contributed by atoms with Crippen LogP contribution in [0, 0.1) is 0 Å². The molecule has 3 N–H and O–H groups in total. The Morgan fingerprint density at radius 1 is 1.28 bits per heavy atom. The standard InChI is InChI=1S/C12H18N2O4/c1-16-10-5-4-9(8-11(10)17-2)12(15)14-6-3-7-18-13/h4-5,8H,3,6-7,13H2,1-2H3,(H,14,15). The summed E-state index contributed by atoms with van der Waals surface area (Å²) in [5.74, 6) is 5.82. The second-order valence-corrected chi connectivity index (χ2v) is 3.55. The van der Waals surface area contributed by atoms with Gasteiger partial charge in [0.1, 0.15) is 0 Å². The number of methoxy groups -OCH3 is 2. The molecule has 0 bridgehead atoms. The predicted molar refractivity (Wildman–Crippen MR) is 66.6 cm³/mol. The van der Waals surface area contributed by atoms with E-state index in [0.29, 0.717) is 36.6 Å². The van der Waals surface area contributed by atoms with Crippen LogP contribution in [0.4, 0.5) is 0 Å². The number of carbonyl (C=O) groups excluding carboxylic acids is 1. The molecule has 0 unspecified atom stereocenters. The van der Waals surface area contributed by atoms with Crippen LogP contribution in [0.2, 0.25) is 0 Å². The maximum absolute atomic E-state index is 11.8. The zero-order valence-electron chi connectivity index (χ0n) is 10.6. The summed E-state index contributed by atoms with van der Waals surface area (Å²) in [6.45, 7) is 0.913. The molecule has 0 aliphatic carbocycles. The molecule has 1 aromatic rings. The minimum Gasteiger partial charge on any atom is -0.493 e. The third kappa shape index (κ3) is 3.90. The third-order valence-corrected chi connectivity index (χ3v) is 2.37. The Kier molecular flexibility index (Phi) is 5.96. The topological polar surface area (TPSA) is 82.8 Å². The number of rotatable bonds is 7. The minimum atomic E-state index is -0.173. The lowest BCUT2D eigenvalue weighted by molar-refractivity contribution is 0.0941. The third-order valence-electron chi connectivity index (χ3n) is 2.37. The fourth-order valence-corrected chi connectivity index (χ4v) is 1.44. The number of nitrogens with two attached hydrogens (primary N) is 1. The Labute approximate surface area is 106 Å². The van der Waals surface area contributed by atoms with Crippen LogP contribution in [-0.2, 0) is 4.84 Å². The number of benzene rings is 1. The van der Waals surface area contributed by atoms with Gasteiger partial charge in [-0.15, -0.1) is 0 Å². The molecule has 1 aromatic carbocycles. The molecule has 0 heterocycles. The molecule has 0 fully saturated rings. The first-order valence-corrected chi connectivity index (χ1v) is 5.54. The Morgan fingerprint density at radius 3 is 2.61 bits per heavy atom. The van der Waals surface area contributed by atoms with E-state index in [1.54, 1.807) is 25.3 Å². The lowest BCUT2D eigenvalue weighted by atomic mass is 10.2. The van der Waals surface area contributed by atoms with Crippen molar-refractivity contribution in [3.8, 4) is 11.5 Å². The summed E-state index contributed by atoms with van der Waals surface area (Å²) in [6.07, 6.45) is 0.662. The average Bonchev–Trinajstić information content (AvgIpc) is 2.42. The molecule has 100 valence electrons. The highest BCUT2D eigenvalue weighted by Gasteiger charge is 2.09. The van der Waals surface area contributed by atoms with E-state index in [-0.39, 0.29) is 5.91 Å². The lowest BCUT2D eigenvalue weighted by Gasteiger charge is -2.09. The van der Waals surface area contributed by atoms with Crippen molar-refractivity contribution in [2.75, 3.05) is 27.4 Å². The molecule has 18 heavy (non-hydrogen) atoms. The molecular formula is C12H18N2O4. The van der Waals surface area contributed by atoms with Crippen molar-refractivity contribution in [2.24, 2.45) is 5.90 Å². The fraction of sp³-hybridized carbons (Fsp3) is 0.417. The summed E-state index contributed by atoms with van der Waals surface area (Å²) in [5.41, 5.74) is 0.515. The summed E-state index contributed by atoms with van der Waals surface area (Å²) < 4.78 is 10.2. The average molecular weight is 254 g/mol. The molecular weight excluding hydrogens is 236 g/mol. The van der Waals surface area contributed by atoms with E-state index in [0.717, 1.165) is 0 Å². The largest absolute Gasteiger partial charge is 0.493 e. The SMILES string of the molecule is COc1ccc(C(=O)NCCCON)cc1OC. The maximum Gasteiger partial charge on any atom is 0.251 e. The van der Waals surface area contributed by atoms with Crippen molar-refractivity contribution in [1.82, 2.24) is 5.32 Å². The Balaban J connectivity index is 2.62. The van der Waals surface area contributed by atoms with Crippen molar-refractivity contribution in [3.05, 3.63) is 23.8 Å². The Bertz CT molecular complexity index is 396. The summed E-state index contributed by atoms with van der Waals surface area (Å²) in [7, 11) is 3.07. The van der Waals surface area contributed by atoms with Gasteiger partial charge in [0.15, 0.2) is 11.5 Å². The number of amides is 1. The molecule has 0 aliphatic rings. The highest BCUT2D eigenvalue weighted by molar-refractivity contribution is 5.94. The minimum absolute atomic E-state index is 0.173. The number of hydrogen-bond acceptors (Lipinski definition) is 5. The molecule has 6 nitrogen and oxygen atoms in total. The van der Waals surface area contributed by atoms with Crippen LogP contribution in [0.3, 0.4) is 0 Å². The number of nitrogens with one attached hydrogen (secondary N) is 1. The van der Waals surface area contributed by atoms with Crippen molar-refractivity contribution in [1.29, 1.82) is 0 Å². The van der Waals surface area contributed by atoms with E-state index < -0.39 is 0 Å². The van der Waals surface area contributed by atoms with Crippen molar-refractivity contribution in [2.45, 2.75) is 6.42 Å². The smallest absolute Gasteiger partial charge is 0.251 e. The maximum atomic E-state index is 11.8. The van der Waals surface area contributed by atoms with Crippen LogP contribution < -0.4 is 20.7 Å². The molecule has 0 aliphatic heterocycles. The van der Waals surface area contributed by atoms with Crippen LogP contribution in [0.1, 0.15) is 16.8 Å². The van der Waals surface area contributed by atoms with Gasteiger partial charge >= 0.3 is 0 Å². The Morgan fingerprint density at radius 2 is 2.00 bits per heavy atom. The first-order chi connectivity index (χ1) is 8.72. The molecule has 1 amide bonds.